The second-order valence-electron chi connectivity index (χ2n) is 4.21. The lowest BCUT2D eigenvalue weighted by atomic mass is 10.4. The standard InChI is InChI=1S/C12H30N2O2Si/c1-3-10-15-17(16-11-4-2)12-6-9-14-8-5-7-13/h14,17H,3-13H2,1-2H3. The monoisotopic (exact) mass is 262 g/mol. The highest BCUT2D eigenvalue weighted by Crippen LogP contribution is 2.02. The van der Waals surface area contributed by atoms with Gasteiger partial charge in [0.15, 0.2) is 0 Å². The zero-order chi connectivity index (χ0) is 12.8. The van der Waals surface area contributed by atoms with Crippen molar-refractivity contribution in [2.75, 3.05) is 32.8 Å². The largest absolute Gasteiger partial charge is 0.397 e. The van der Waals surface area contributed by atoms with Gasteiger partial charge < -0.3 is 19.9 Å². The molecule has 0 aliphatic rings. The van der Waals surface area contributed by atoms with E-state index in [-0.39, 0.29) is 0 Å². The molecule has 0 fully saturated rings. The zero-order valence-corrected chi connectivity index (χ0v) is 12.7. The van der Waals surface area contributed by atoms with Gasteiger partial charge >= 0.3 is 9.28 Å². The van der Waals surface area contributed by atoms with Crippen molar-refractivity contribution in [1.29, 1.82) is 0 Å². The van der Waals surface area contributed by atoms with Crippen LogP contribution in [0.15, 0.2) is 0 Å². The number of hydrogen-bond acceptors (Lipinski definition) is 4. The van der Waals surface area contributed by atoms with Crippen LogP contribution in [-0.2, 0) is 8.85 Å². The summed E-state index contributed by atoms with van der Waals surface area (Å²) in [5, 5.41) is 3.38. The van der Waals surface area contributed by atoms with E-state index in [1.165, 1.54) is 0 Å². The lowest BCUT2D eigenvalue weighted by Crippen LogP contribution is -2.26. The summed E-state index contributed by atoms with van der Waals surface area (Å²) in [6.07, 6.45) is 4.36. The van der Waals surface area contributed by atoms with E-state index in [1.807, 2.05) is 0 Å². The van der Waals surface area contributed by atoms with Crippen LogP contribution in [0.3, 0.4) is 0 Å². The fourth-order valence-corrected chi connectivity index (χ4v) is 3.42. The molecular weight excluding hydrogens is 232 g/mol. The summed E-state index contributed by atoms with van der Waals surface area (Å²) in [6.45, 7) is 8.81. The van der Waals surface area contributed by atoms with Crippen molar-refractivity contribution in [3.63, 3.8) is 0 Å². The van der Waals surface area contributed by atoms with Gasteiger partial charge in [0.2, 0.25) is 0 Å². The van der Waals surface area contributed by atoms with Gasteiger partial charge in [-0.1, -0.05) is 13.8 Å². The Kier molecular flexibility index (Phi) is 14.2. The molecule has 0 bridgehead atoms. The SMILES string of the molecule is CCCO[SiH](CCCNCCCN)OCCC. The van der Waals surface area contributed by atoms with Gasteiger partial charge in [-0.2, -0.15) is 0 Å². The Labute approximate surface area is 108 Å². The number of nitrogens with two attached hydrogens (primary N) is 1. The Morgan fingerprint density at radius 3 is 2.12 bits per heavy atom. The van der Waals surface area contributed by atoms with Crippen LogP contribution in [0.4, 0.5) is 0 Å². The van der Waals surface area contributed by atoms with Gasteiger partial charge in [0.05, 0.1) is 0 Å². The van der Waals surface area contributed by atoms with Gasteiger partial charge in [0.25, 0.3) is 0 Å². The van der Waals surface area contributed by atoms with Crippen LogP contribution in [0.2, 0.25) is 6.04 Å². The molecule has 5 heteroatoms. The van der Waals surface area contributed by atoms with Crippen molar-refractivity contribution in [2.45, 2.75) is 45.6 Å². The van der Waals surface area contributed by atoms with Crippen LogP contribution in [-0.4, -0.2) is 42.1 Å². The van der Waals surface area contributed by atoms with Crippen molar-refractivity contribution >= 4 is 9.28 Å². The molecule has 0 aromatic carbocycles. The van der Waals surface area contributed by atoms with Gasteiger partial charge in [-0.15, -0.1) is 0 Å². The van der Waals surface area contributed by atoms with Crippen molar-refractivity contribution < 1.29 is 8.85 Å². The molecular formula is C12H30N2O2Si. The molecule has 0 spiro atoms. The Hall–Kier alpha value is 0.0569. The summed E-state index contributed by atoms with van der Waals surface area (Å²) in [6, 6.07) is 1.11. The third-order valence-corrected chi connectivity index (χ3v) is 4.46. The first-order valence-corrected chi connectivity index (χ1v) is 8.75. The van der Waals surface area contributed by atoms with E-state index in [1.54, 1.807) is 0 Å². The molecule has 0 radical (unpaired) electrons. The highest BCUT2D eigenvalue weighted by atomic mass is 28.3. The number of rotatable bonds is 13. The first-order valence-electron chi connectivity index (χ1n) is 6.99. The molecule has 0 aliphatic carbocycles. The quantitative estimate of drug-likeness (QED) is 0.389. The summed E-state index contributed by atoms with van der Waals surface area (Å²) in [4.78, 5) is 0. The van der Waals surface area contributed by atoms with E-state index in [0.717, 1.165) is 64.6 Å². The third kappa shape index (κ3) is 12.3. The highest BCUT2D eigenvalue weighted by Gasteiger charge is 2.11. The number of nitrogens with one attached hydrogen (secondary N) is 1. The van der Waals surface area contributed by atoms with Crippen molar-refractivity contribution in [1.82, 2.24) is 5.32 Å². The topological polar surface area (TPSA) is 56.5 Å². The Morgan fingerprint density at radius 1 is 1.00 bits per heavy atom. The molecule has 0 rings (SSSR count). The van der Waals surface area contributed by atoms with Crippen LogP contribution in [0.5, 0.6) is 0 Å². The molecule has 0 saturated heterocycles. The van der Waals surface area contributed by atoms with Crippen LogP contribution in [0.1, 0.15) is 39.5 Å². The lowest BCUT2D eigenvalue weighted by molar-refractivity contribution is 0.196. The van der Waals surface area contributed by atoms with Crippen LogP contribution in [0, 0.1) is 0 Å². The summed E-state index contributed by atoms with van der Waals surface area (Å²) in [5.41, 5.74) is 5.43. The predicted octanol–water partition coefficient (Wildman–Crippen LogP) is 1.39. The molecule has 104 valence electrons. The molecule has 17 heavy (non-hydrogen) atoms. The summed E-state index contributed by atoms with van der Waals surface area (Å²) >= 11 is 0. The maximum atomic E-state index is 5.79. The summed E-state index contributed by atoms with van der Waals surface area (Å²) in [7, 11) is -1.39. The average molecular weight is 262 g/mol. The van der Waals surface area contributed by atoms with E-state index in [2.05, 4.69) is 19.2 Å². The van der Waals surface area contributed by atoms with Gasteiger partial charge in [0, 0.05) is 13.2 Å². The molecule has 0 aromatic rings. The third-order valence-electron chi connectivity index (χ3n) is 2.37. The van der Waals surface area contributed by atoms with Gasteiger partial charge in [-0.25, -0.2) is 0 Å². The number of hydrogen-bond donors (Lipinski definition) is 2. The van der Waals surface area contributed by atoms with Crippen molar-refractivity contribution in [3.8, 4) is 0 Å². The molecule has 0 heterocycles. The molecule has 0 amide bonds. The van der Waals surface area contributed by atoms with Gasteiger partial charge in [-0.3, -0.25) is 0 Å². The van der Waals surface area contributed by atoms with Crippen LogP contribution in [0.25, 0.3) is 0 Å². The summed E-state index contributed by atoms with van der Waals surface area (Å²) in [5.74, 6) is 0. The lowest BCUT2D eigenvalue weighted by Gasteiger charge is -2.16. The van der Waals surface area contributed by atoms with Gasteiger partial charge in [0.1, 0.15) is 0 Å². The smallest absolute Gasteiger partial charge is 0.321 e. The van der Waals surface area contributed by atoms with E-state index in [9.17, 15) is 0 Å². The molecule has 0 atom stereocenters. The van der Waals surface area contributed by atoms with Crippen LogP contribution >= 0.6 is 0 Å². The predicted molar refractivity (Wildman–Crippen MR) is 75.6 cm³/mol. The summed E-state index contributed by atoms with van der Waals surface area (Å²) < 4.78 is 11.6. The molecule has 0 unspecified atom stereocenters. The maximum absolute atomic E-state index is 5.79. The molecule has 0 aromatic heterocycles. The highest BCUT2D eigenvalue weighted by molar-refractivity contribution is 6.44. The van der Waals surface area contributed by atoms with Crippen molar-refractivity contribution in [2.24, 2.45) is 5.73 Å². The normalized spacial score (nSPS) is 11.3. The van der Waals surface area contributed by atoms with E-state index >= 15 is 0 Å². The van der Waals surface area contributed by atoms with Gasteiger partial charge in [-0.05, 0) is 51.4 Å². The van der Waals surface area contributed by atoms with Crippen LogP contribution < -0.4 is 11.1 Å². The Bertz CT molecular complexity index is 142. The van der Waals surface area contributed by atoms with E-state index < -0.39 is 9.28 Å². The minimum absolute atomic E-state index is 0.767. The Morgan fingerprint density at radius 2 is 1.59 bits per heavy atom. The van der Waals surface area contributed by atoms with Crippen molar-refractivity contribution in [3.05, 3.63) is 0 Å². The minimum Gasteiger partial charge on any atom is -0.397 e. The fraction of sp³-hybridized carbons (Fsp3) is 1.00. The van der Waals surface area contributed by atoms with E-state index in [4.69, 9.17) is 14.6 Å². The molecule has 4 nitrogen and oxygen atoms in total. The average Bonchev–Trinajstić information content (AvgIpc) is 2.35. The molecule has 0 saturated carbocycles. The molecule has 3 N–H and O–H groups in total. The van der Waals surface area contributed by atoms with E-state index in [0.29, 0.717) is 0 Å². The Balaban J connectivity index is 3.45. The first-order chi connectivity index (χ1) is 8.35. The zero-order valence-electron chi connectivity index (χ0n) is 11.5. The second-order valence-corrected chi connectivity index (χ2v) is 6.31. The molecule has 0 aliphatic heterocycles. The minimum atomic E-state index is -1.39. The first kappa shape index (κ1) is 17.1. The fourth-order valence-electron chi connectivity index (χ4n) is 1.46. The second kappa shape index (κ2) is 14.1. The maximum Gasteiger partial charge on any atom is 0.321 e.